The predicted octanol–water partition coefficient (Wildman–Crippen LogP) is 1.64. The third-order valence-electron chi connectivity index (χ3n) is 2.39. The van der Waals surface area contributed by atoms with Crippen molar-refractivity contribution in [1.29, 1.82) is 0 Å². The summed E-state index contributed by atoms with van der Waals surface area (Å²) in [6, 6.07) is 4.26. The number of nitrogens with two attached hydrogens (primary N) is 1. The molecular weight excluding hydrogens is 269 g/mol. The van der Waals surface area contributed by atoms with Crippen LogP contribution in [-0.2, 0) is 20.8 Å². The first-order chi connectivity index (χ1) is 9.15. The smallest absolute Gasteiger partial charge is 0.123 e. The van der Waals surface area contributed by atoms with E-state index < -0.39 is 0 Å². The van der Waals surface area contributed by atoms with Crippen molar-refractivity contribution < 1.29 is 18.6 Å². The molecule has 4 nitrogen and oxygen atoms in total. The zero-order valence-corrected chi connectivity index (χ0v) is 11.7. The molecule has 0 fully saturated rings. The van der Waals surface area contributed by atoms with Crippen LogP contribution >= 0.6 is 12.2 Å². The van der Waals surface area contributed by atoms with Gasteiger partial charge in [0.05, 0.1) is 33.0 Å². The molecule has 106 valence electrons. The zero-order chi connectivity index (χ0) is 14.1. The van der Waals surface area contributed by atoms with E-state index in [1.54, 1.807) is 13.2 Å². The highest BCUT2D eigenvalue weighted by Crippen LogP contribution is 2.12. The van der Waals surface area contributed by atoms with Crippen molar-refractivity contribution in [1.82, 2.24) is 0 Å². The second kappa shape index (κ2) is 8.92. The Hall–Kier alpha value is -1.08. The summed E-state index contributed by atoms with van der Waals surface area (Å²) >= 11 is 4.90. The molecule has 1 aromatic carbocycles. The highest BCUT2D eigenvalue weighted by molar-refractivity contribution is 7.80. The lowest BCUT2D eigenvalue weighted by atomic mass is 10.1. The van der Waals surface area contributed by atoms with E-state index in [1.165, 1.54) is 12.1 Å². The number of hydrogen-bond donors (Lipinski definition) is 1. The minimum absolute atomic E-state index is 0.231. The van der Waals surface area contributed by atoms with Gasteiger partial charge in [-0.05, 0) is 23.8 Å². The fourth-order valence-corrected chi connectivity index (χ4v) is 1.67. The van der Waals surface area contributed by atoms with Gasteiger partial charge >= 0.3 is 0 Å². The molecule has 19 heavy (non-hydrogen) atoms. The third kappa shape index (κ3) is 6.07. The van der Waals surface area contributed by atoms with Gasteiger partial charge in [-0.15, -0.1) is 0 Å². The van der Waals surface area contributed by atoms with Crippen LogP contribution in [-0.4, -0.2) is 38.5 Å². The molecule has 0 saturated heterocycles. The molecule has 2 N–H and O–H groups in total. The quantitative estimate of drug-likeness (QED) is 0.553. The highest BCUT2D eigenvalue weighted by atomic mass is 32.1. The summed E-state index contributed by atoms with van der Waals surface area (Å²) < 4.78 is 28.6. The van der Waals surface area contributed by atoms with Gasteiger partial charge in [0.15, 0.2) is 0 Å². The molecular formula is C13H18FNO3S. The second-order valence-corrected chi connectivity index (χ2v) is 4.26. The average molecular weight is 287 g/mol. The molecule has 0 atom stereocenters. The molecule has 0 aliphatic rings. The van der Waals surface area contributed by atoms with Gasteiger partial charge in [0, 0.05) is 12.7 Å². The van der Waals surface area contributed by atoms with Gasteiger partial charge in [0.2, 0.25) is 0 Å². The Morgan fingerprint density at radius 2 is 1.89 bits per heavy atom. The van der Waals surface area contributed by atoms with E-state index in [4.69, 9.17) is 32.2 Å². The van der Waals surface area contributed by atoms with Crippen LogP contribution in [0.15, 0.2) is 18.2 Å². The average Bonchev–Trinajstić information content (AvgIpc) is 2.37. The summed E-state index contributed by atoms with van der Waals surface area (Å²) in [4.78, 5) is 0.231. The highest BCUT2D eigenvalue weighted by Gasteiger charge is 2.06. The van der Waals surface area contributed by atoms with Crippen molar-refractivity contribution in [3.8, 4) is 0 Å². The van der Waals surface area contributed by atoms with Crippen LogP contribution in [0.5, 0.6) is 0 Å². The van der Waals surface area contributed by atoms with Gasteiger partial charge < -0.3 is 19.9 Å². The second-order valence-electron chi connectivity index (χ2n) is 3.82. The van der Waals surface area contributed by atoms with Crippen LogP contribution in [0.2, 0.25) is 0 Å². The largest absolute Gasteiger partial charge is 0.389 e. The minimum atomic E-state index is -0.338. The molecule has 0 bridgehead atoms. The number of benzene rings is 1. The lowest BCUT2D eigenvalue weighted by Crippen LogP contribution is -2.14. The lowest BCUT2D eigenvalue weighted by molar-refractivity contribution is 0.0199. The van der Waals surface area contributed by atoms with Crippen molar-refractivity contribution in [2.24, 2.45) is 5.73 Å². The van der Waals surface area contributed by atoms with Crippen molar-refractivity contribution in [3.05, 3.63) is 35.1 Å². The summed E-state index contributed by atoms with van der Waals surface area (Å²) in [5.74, 6) is -0.338. The van der Waals surface area contributed by atoms with Crippen LogP contribution < -0.4 is 5.73 Å². The van der Waals surface area contributed by atoms with Crippen molar-refractivity contribution in [2.75, 3.05) is 33.5 Å². The topological polar surface area (TPSA) is 53.7 Å². The van der Waals surface area contributed by atoms with E-state index in [9.17, 15) is 4.39 Å². The van der Waals surface area contributed by atoms with Gasteiger partial charge in [0.25, 0.3) is 0 Å². The number of hydrogen-bond acceptors (Lipinski definition) is 4. The van der Waals surface area contributed by atoms with Crippen molar-refractivity contribution >= 4 is 17.2 Å². The van der Waals surface area contributed by atoms with Crippen molar-refractivity contribution in [3.63, 3.8) is 0 Å². The molecule has 0 heterocycles. The molecule has 0 saturated carbocycles. The zero-order valence-electron chi connectivity index (χ0n) is 10.9. The van der Waals surface area contributed by atoms with Crippen LogP contribution in [0.25, 0.3) is 0 Å². The number of thiocarbonyl (C=S) groups is 1. The Labute approximate surface area is 117 Å². The number of rotatable bonds is 9. The first-order valence-electron chi connectivity index (χ1n) is 5.87. The Morgan fingerprint density at radius 3 is 2.58 bits per heavy atom. The van der Waals surface area contributed by atoms with Gasteiger partial charge in [-0.3, -0.25) is 0 Å². The van der Waals surface area contributed by atoms with Crippen LogP contribution in [0.3, 0.4) is 0 Å². The number of methoxy groups -OCH3 is 1. The molecule has 0 aromatic heterocycles. The molecule has 0 amide bonds. The monoisotopic (exact) mass is 287 g/mol. The van der Waals surface area contributed by atoms with Crippen LogP contribution in [0.4, 0.5) is 4.39 Å². The van der Waals surface area contributed by atoms with E-state index in [2.05, 4.69) is 0 Å². The standard InChI is InChI=1S/C13H18FNO3S/c1-16-4-5-17-6-7-18-9-10-8-11(14)2-3-12(10)13(15)19/h2-3,8H,4-7,9H2,1H3,(H2,15,19). The van der Waals surface area contributed by atoms with Gasteiger partial charge in [-0.2, -0.15) is 0 Å². The molecule has 0 aliphatic heterocycles. The first kappa shape index (κ1) is 16.0. The first-order valence-corrected chi connectivity index (χ1v) is 6.28. The summed E-state index contributed by atoms with van der Waals surface area (Å²) in [7, 11) is 1.61. The van der Waals surface area contributed by atoms with Gasteiger partial charge in [-0.25, -0.2) is 4.39 Å². The van der Waals surface area contributed by atoms with Gasteiger partial charge in [-0.1, -0.05) is 12.2 Å². The summed E-state index contributed by atoms with van der Waals surface area (Å²) in [5.41, 5.74) is 6.84. The molecule has 1 rings (SSSR count). The lowest BCUT2D eigenvalue weighted by Gasteiger charge is -2.09. The van der Waals surface area contributed by atoms with Crippen LogP contribution in [0.1, 0.15) is 11.1 Å². The maximum atomic E-state index is 13.1. The summed E-state index contributed by atoms with van der Waals surface area (Å²) in [6.07, 6.45) is 0. The van der Waals surface area contributed by atoms with E-state index in [0.29, 0.717) is 37.6 Å². The molecule has 6 heteroatoms. The summed E-state index contributed by atoms with van der Waals surface area (Å²) in [5, 5.41) is 0. The molecule has 0 unspecified atom stereocenters. The molecule has 0 aliphatic carbocycles. The Kier molecular flexibility index (Phi) is 7.50. The Balaban J connectivity index is 2.36. The van der Waals surface area contributed by atoms with E-state index >= 15 is 0 Å². The number of halogens is 1. The third-order valence-corrected chi connectivity index (χ3v) is 2.61. The Morgan fingerprint density at radius 1 is 1.21 bits per heavy atom. The molecule has 1 aromatic rings. The maximum absolute atomic E-state index is 13.1. The molecule has 0 spiro atoms. The van der Waals surface area contributed by atoms with E-state index in [0.717, 1.165) is 0 Å². The van der Waals surface area contributed by atoms with E-state index in [1.807, 2.05) is 0 Å². The maximum Gasteiger partial charge on any atom is 0.123 e. The van der Waals surface area contributed by atoms with Crippen molar-refractivity contribution in [2.45, 2.75) is 6.61 Å². The fourth-order valence-electron chi connectivity index (χ4n) is 1.47. The Bertz CT molecular complexity index is 415. The normalized spacial score (nSPS) is 10.6. The van der Waals surface area contributed by atoms with Gasteiger partial charge in [0.1, 0.15) is 10.8 Å². The minimum Gasteiger partial charge on any atom is -0.389 e. The number of ether oxygens (including phenoxy) is 3. The fraction of sp³-hybridized carbons (Fsp3) is 0.462. The predicted molar refractivity (Wildman–Crippen MR) is 74.6 cm³/mol. The van der Waals surface area contributed by atoms with E-state index in [-0.39, 0.29) is 17.4 Å². The summed E-state index contributed by atoms with van der Waals surface area (Å²) in [6.45, 7) is 2.20. The SMILES string of the molecule is COCCOCCOCc1cc(F)ccc1C(N)=S. The van der Waals surface area contributed by atoms with Crippen LogP contribution in [0, 0.1) is 5.82 Å². The molecule has 0 radical (unpaired) electrons.